The minimum absolute atomic E-state index is 0.0488. The molecule has 0 unspecified atom stereocenters. The predicted molar refractivity (Wildman–Crippen MR) is 119 cm³/mol. The van der Waals surface area contributed by atoms with Crippen LogP contribution in [-0.4, -0.2) is 40.5 Å². The molecule has 1 aliphatic rings. The first kappa shape index (κ1) is 20.4. The summed E-state index contributed by atoms with van der Waals surface area (Å²) in [5.74, 6) is 2.43. The number of nitrogen functional groups attached to an aromatic ring is 1. The number of amides is 1. The molecule has 0 radical (unpaired) electrons. The smallest absolute Gasteiger partial charge is 0.245 e. The zero-order chi connectivity index (χ0) is 21.6. The van der Waals surface area contributed by atoms with Crippen molar-refractivity contribution in [2.45, 2.75) is 6.42 Å². The number of hydrogen-bond donors (Lipinski definition) is 1. The highest BCUT2D eigenvalue weighted by atomic mass is 16.5. The zero-order valence-corrected chi connectivity index (χ0v) is 17.1. The highest BCUT2D eigenvalue weighted by molar-refractivity contribution is 5.87. The molecule has 2 N–H and O–H groups in total. The van der Waals surface area contributed by atoms with Crippen LogP contribution < -0.4 is 15.2 Å². The lowest BCUT2D eigenvalue weighted by molar-refractivity contribution is -0.125. The number of hydrogen-bond acceptors (Lipinski definition) is 6. The molecule has 2 aromatic carbocycles. The van der Waals surface area contributed by atoms with Crippen LogP contribution >= 0.6 is 0 Å². The number of likely N-dealkylation sites (tertiary alicyclic amines) is 1. The SMILES string of the molecule is C=CC(=O)N1CC[C@H](COc2ncnc(N)c2-c2ccc(Oc3ccccc3)cc2)C1. The molecular formula is C24H24N4O3. The Labute approximate surface area is 181 Å². The summed E-state index contributed by atoms with van der Waals surface area (Å²) >= 11 is 0. The lowest BCUT2D eigenvalue weighted by Crippen LogP contribution is -2.27. The van der Waals surface area contributed by atoms with Crippen LogP contribution in [0.25, 0.3) is 11.1 Å². The summed E-state index contributed by atoms with van der Waals surface area (Å²) in [6.07, 6.45) is 3.61. The van der Waals surface area contributed by atoms with Gasteiger partial charge in [-0.05, 0) is 42.3 Å². The van der Waals surface area contributed by atoms with Crippen LogP contribution in [0.1, 0.15) is 6.42 Å². The molecule has 7 heteroatoms. The van der Waals surface area contributed by atoms with Gasteiger partial charge in [-0.1, -0.05) is 36.9 Å². The standard InChI is InChI=1S/C24H24N4O3/c1-2-21(29)28-13-12-17(14-28)15-30-24-22(23(25)26-16-27-24)18-8-10-20(11-9-18)31-19-6-4-3-5-7-19/h2-11,16-17H,1,12-15H2,(H2,25,26,27)/t17-/m0/s1. The van der Waals surface area contributed by atoms with Gasteiger partial charge in [0.25, 0.3) is 0 Å². The quantitative estimate of drug-likeness (QED) is 0.587. The summed E-state index contributed by atoms with van der Waals surface area (Å²) in [6.45, 7) is 5.34. The monoisotopic (exact) mass is 416 g/mol. The summed E-state index contributed by atoms with van der Waals surface area (Å²) in [6, 6.07) is 17.1. The number of carbonyl (C=O) groups is 1. The van der Waals surface area contributed by atoms with Gasteiger partial charge < -0.3 is 20.1 Å². The fourth-order valence-corrected chi connectivity index (χ4v) is 3.57. The second-order valence-corrected chi connectivity index (χ2v) is 7.33. The minimum Gasteiger partial charge on any atom is -0.477 e. The third-order valence-corrected chi connectivity index (χ3v) is 5.19. The third kappa shape index (κ3) is 4.83. The summed E-state index contributed by atoms with van der Waals surface area (Å²) in [7, 11) is 0. The molecule has 0 saturated carbocycles. The number of anilines is 1. The van der Waals surface area contributed by atoms with Crippen molar-refractivity contribution in [2.75, 3.05) is 25.4 Å². The molecule has 0 bridgehead atoms. The Kier molecular flexibility index (Phi) is 6.12. The van der Waals surface area contributed by atoms with E-state index in [0.717, 1.165) is 17.7 Å². The van der Waals surface area contributed by atoms with Crippen LogP contribution in [0.15, 0.2) is 73.6 Å². The Bertz CT molecular complexity index is 1050. The molecule has 7 nitrogen and oxygen atoms in total. The lowest BCUT2D eigenvalue weighted by atomic mass is 10.1. The number of nitrogens with two attached hydrogens (primary N) is 1. The van der Waals surface area contributed by atoms with E-state index < -0.39 is 0 Å². The van der Waals surface area contributed by atoms with Crippen molar-refractivity contribution in [1.29, 1.82) is 0 Å². The number of carbonyl (C=O) groups excluding carboxylic acids is 1. The zero-order valence-electron chi connectivity index (χ0n) is 17.1. The first-order chi connectivity index (χ1) is 15.1. The third-order valence-electron chi connectivity index (χ3n) is 5.19. The van der Waals surface area contributed by atoms with Gasteiger partial charge in [0.15, 0.2) is 0 Å². The van der Waals surface area contributed by atoms with E-state index in [1.165, 1.54) is 12.4 Å². The van der Waals surface area contributed by atoms with Crippen LogP contribution in [0, 0.1) is 5.92 Å². The normalized spacial score (nSPS) is 15.5. The molecule has 4 rings (SSSR count). The van der Waals surface area contributed by atoms with Crippen LogP contribution in [-0.2, 0) is 4.79 Å². The van der Waals surface area contributed by atoms with E-state index in [9.17, 15) is 4.79 Å². The molecule has 1 atom stereocenters. The maximum Gasteiger partial charge on any atom is 0.245 e. The average molecular weight is 416 g/mol. The first-order valence-electron chi connectivity index (χ1n) is 10.1. The van der Waals surface area contributed by atoms with E-state index >= 15 is 0 Å². The van der Waals surface area contributed by atoms with Gasteiger partial charge in [-0.2, -0.15) is 0 Å². The fourth-order valence-electron chi connectivity index (χ4n) is 3.57. The number of ether oxygens (including phenoxy) is 2. The minimum atomic E-state index is -0.0488. The maximum absolute atomic E-state index is 11.8. The van der Waals surface area contributed by atoms with E-state index in [4.69, 9.17) is 15.2 Å². The highest BCUT2D eigenvalue weighted by Gasteiger charge is 2.26. The Morgan fingerprint density at radius 1 is 1.13 bits per heavy atom. The number of rotatable bonds is 7. The maximum atomic E-state index is 11.8. The summed E-state index contributed by atoms with van der Waals surface area (Å²) < 4.78 is 11.9. The molecule has 1 aliphatic heterocycles. The Hall–Kier alpha value is -3.87. The largest absolute Gasteiger partial charge is 0.477 e. The summed E-state index contributed by atoms with van der Waals surface area (Å²) in [4.78, 5) is 22.0. The molecule has 1 saturated heterocycles. The molecule has 31 heavy (non-hydrogen) atoms. The number of benzene rings is 2. The Morgan fingerprint density at radius 3 is 2.61 bits per heavy atom. The Morgan fingerprint density at radius 2 is 1.87 bits per heavy atom. The molecular weight excluding hydrogens is 392 g/mol. The van der Waals surface area contributed by atoms with E-state index in [2.05, 4.69) is 16.5 Å². The Balaban J connectivity index is 1.46. The molecule has 1 fully saturated rings. The van der Waals surface area contributed by atoms with Gasteiger partial charge in [0.05, 0.1) is 12.2 Å². The highest BCUT2D eigenvalue weighted by Crippen LogP contribution is 2.34. The number of nitrogens with zero attached hydrogens (tertiary/aromatic N) is 3. The summed E-state index contributed by atoms with van der Waals surface area (Å²) in [5, 5.41) is 0. The van der Waals surface area contributed by atoms with Gasteiger partial charge in [0, 0.05) is 19.0 Å². The topological polar surface area (TPSA) is 90.6 Å². The van der Waals surface area contributed by atoms with Crippen LogP contribution in [0.2, 0.25) is 0 Å². The van der Waals surface area contributed by atoms with Crippen molar-refractivity contribution < 1.29 is 14.3 Å². The predicted octanol–water partition coefficient (Wildman–Crippen LogP) is 3.93. The van der Waals surface area contributed by atoms with Crippen LogP contribution in [0.3, 0.4) is 0 Å². The van der Waals surface area contributed by atoms with Crippen molar-refractivity contribution in [2.24, 2.45) is 5.92 Å². The molecule has 1 amide bonds. The van der Waals surface area contributed by atoms with Gasteiger partial charge in [-0.3, -0.25) is 4.79 Å². The van der Waals surface area contributed by atoms with E-state index in [1.54, 1.807) is 4.90 Å². The second-order valence-electron chi connectivity index (χ2n) is 7.33. The molecule has 0 aliphatic carbocycles. The first-order valence-corrected chi connectivity index (χ1v) is 10.1. The molecule has 0 spiro atoms. The van der Waals surface area contributed by atoms with E-state index in [1.807, 2.05) is 54.6 Å². The van der Waals surface area contributed by atoms with Crippen LogP contribution in [0.4, 0.5) is 5.82 Å². The van der Waals surface area contributed by atoms with Gasteiger partial charge >= 0.3 is 0 Å². The van der Waals surface area contributed by atoms with Gasteiger partial charge in [-0.15, -0.1) is 0 Å². The van der Waals surface area contributed by atoms with Crippen molar-refractivity contribution in [3.05, 3.63) is 73.6 Å². The van der Waals surface area contributed by atoms with E-state index in [-0.39, 0.29) is 11.8 Å². The van der Waals surface area contributed by atoms with Crippen molar-refractivity contribution in [1.82, 2.24) is 14.9 Å². The van der Waals surface area contributed by atoms with Gasteiger partial charge in [0.2, 0.25) is 11.8 Å². The summed E-state index contributed by atoms with van der Waals surface area (Å²) in [5.41, 5.74) is 7.63. The van der Waals surface area contributed by atoms with Crippen molar-refractivity contribution >= 4 is 11.7 Å². The van der Waals surface area contributed by atoms with Crippen LogP contribution in [0.5, 0.6) is 17.4 Å². The molecule has 3 aromatic rings. The molecule has 158 valence electrons. The number of para-hydroxylation sites is 1. The molecule has 2 heterocycles. The van der Waals surface area contributed by atoms with Gasteiger partial charge in [0.1, 0.15) is 23.6 Å². The van der Waals surface area contributed by atoms with E-state index in [0.29, 0.717) is 42.7 Å². The average Bonchev–Trinajstić information content (AvgIpc) is 3.28. The van der Waals surface area contributed by atoms with Crippen molar-refractivity contribution in [3.63, 3.8) is 0 Å². The molecule has 1 aromatic heterocycles. The van der Waals surface area contributed by atoms with Gasteiger partial charge in [-0.25, -0.2) is 9.97 Å². The fraction of sp³-hybridized carbons (Fsp3) is 0.208. The number of aromatic nitrogens is 2. The van der Waals surface area contributed by atoms with Crippen molar-refractivity contribution in [3.8, 4) is 28.5 Å². The lowest BCUT2D eigenvalue weighted by Gasteiger charge is -2.16. The second kappa shape index (κ2) is 9.30.